The molecule has 0 atom stereocenters. The van der Waals surface area contributed by atoms with Gasteiger partial charge < -0.3 is 49.1 Å². The van der Waals surface area contributed by atoms with Crippen LogP contribution in [0.2, 0.25) is 0 Å². The third kappa shape index (κ3) is 5.86. The van der Waals surface area contributed by atoms with Crippen LogP contribution in [0.5, 0.6) is 23.0 Å². The number of carboxylic acids is 4. The predicted octanol–water partition coefficient (Wildman–Crippen LogP) is 1.05. The van der Waals surface area contributed by atoms with Gasteiger partial charge in [0, 0.05) is 27.7 Å². The van der Waals surface area contributed by atoms with Crippen molar-refractivity contribution in [1.29, 1.82) is 0 Å². The summed E-state index contributed by atoms with van der Waals surface area (Å²) in [5, 5.41) is 45.7. The number of aromatic carboxylic acids is 4. The molecule has 0 unspecified atom stereocenters. The van der Waals surface area contributed by atoms with Crippen molar-refractivity contribution < 1.29 is 49.1 Å². The molecule has 10 nitrogen and oxygen atoms in total. The minimum atomic E-state index is -1.72. The summed E-state index contributed by atoms with van der Waals surface area (Å²) in [4.78, 5) is 45.7. The van der Waals surface area contributed by atoms with Crippen LogP contribution in [0.1, 0.15) is 66.4 Å². The Labute approximate surface area is 233 Å². The van der Waals surface area contributed by atoms with E-state index in [1.807, 2.05) is 13.8 Å². The highest BCUT2D eigenvalue weighted by Gasteiger charge is 2.24. The van der Waals surface area contributed by atoms with Crippen LogP contribution in [-0.2, 0) is 5.41 Å². The second kappa shape index (κ2) is 11.2. The first-order valence-corrected chi connectivity index (χ1v) is 12.1. The zero-order valence-electron chi connectivity index (χ0n) is 21.7. The van der Waals surface area contributed by atoms with Crippen LogP contribution in [0.25, 0.3) is 0 Å². The first-order chi connectivity index (χ1) is 19.4. The second-order valence-electron chi connectivity index (χ2n) is 9.39. The van der Waals surface area contributed by atoms with Gasteiger partial charge in [-0.05, 0) is 47.5 Å². The molecule has 0 fully saturated rings. The van der Waals surface area contributed by atoms with Crippen molar-refractivity contribution in [2.45, 2.75) is 19.3 Å². The number of benzene rings is 4. The van der Waals surface area contributed by atoms with Crippen LogP contribution < -0.4 is 29.9 Å². The van der Waals surface area contributed by atoms with E-state index in [0.29, 0.717) is 0 Å². The first-order valence-electron chi connectivity index (χ1n) is 12.1. The van der Waals surface area contributed by atoms with Gasteiger partial charge in [-0.1, -0.05) is 62.4 Å². The van der Waals surface area contributed by atoms with Gasteiger partial charge >= 0.3 is 0 Å². The van der Waals surface area contributed by atoms with Crippen molar-refractivity contribution in [3.8, 4) is 23.0 Å². The third-order valence-electron chi connectivity index (χ3n) is 6.51. The van der Waals surface area contributed by atoms with Gasteiger partial charge in [-0.3, -0.25) is 0 Å². The molecule has 0 aliphatic heterocycles. The van der Waals surface area contributed by atoms with Crippen LogP contribution in [0, 0.1) is 0 Å². The number of rotatable bonds is 10. The van der Waals surface area contributed by atoms with E-state index in [1.54, 1.807) is 48.5 Å². The topological polar surface area (TPSA) is 179 Å². The maximum absolute atomic E-state index is 11.5. The van der Waals surface area contributed by atoms with E-state index in [9.17, 15) is 39.6 Å². The summed E-state index contributed by atoms with van der Waals surface area (Å²) in [6.45, 7) is 3.90. The highest BCUT2D eigenvalue weighted by atomic mass is 16.5. The SMILES string of the molecule is CC(C)(c1ccc(Oc2cccc(C(=O)[O-])c2C(=O)[O-])cc1)c1ccc(Oc2cccc(C(=O)[O-])c2C(=O)[O-])cc1. The third-order valence-corrected chi connectivity index (χ3v) is 6.51. The quantitative estimate of drug-likeness (QED) is 0.276. The number of ether oxygens (including phenoxy) is 2. The summed E-state index contributed by atoms with van der Waals surface area (Å²) in [6.07, 6.45) is 0. The molecule has 0 radical (unpaired) electrons. The van der Waals surface area contributed by atoms with Crippen LogP contribution in [-0.4, -0.2) is 23.9 Å². The Morgan fingerprint density at radius 3 is 1.15 bits per heavy atom. The molecular weight excluding hydrogens is 532 g/mol. The monoisotopic (exact) mass is 552 g/mol. The molecule has 10 heteroatoms. The molecule has 0 aliphatic carbocycles. The molecule has 0 bridgehead atoms. The minimum Gasteiger partial charge on any atom is -0.545 e. The van der Waals surface area contributed by atoms with Gasteiger partial charge in [-0.25, -0.2) is 0 Å². The lowest BCUT2D eigenvalue weighted by Crippen LogP contribution is -2.30. The summed E-state index contributed by atoms with van der Waals surface area (Å²) < 4.78 is 11.3. The molecule has 0 saturated heterocycles. The molecule has 208 valence electrons. The maximum Gasteiger partial charge on any atom is 0.137 e. The largest absolute Gasteiger partial charge is 0.545 e. The Hall–Kier alpha value is -5.64. The number of hydrogen-bond acceptors (Lipinski definition) is 10. The van der Waals surface area contributed by atoms with Crippen molar-refractivity contribution in [2.75, 3.05) is 0 Å². The van der Waals surface area contributed by atoms with Crippen LogP contribution >= 0.6 is 0 Å². The Morgan fingerprint density at radius 2 is 0.854 bits per heavy atom. The van der Waals surface area contributed by atoms with Gasteiger partial charge in [-0.15, -0.1) is 0 Å². The summed E-state index contributed by atoms with van der Waals surface area (Å²) in [6, 6.07) is 20.9. The van der Waals surface area contributed by atoms with Crippen molar-refractivity contribution in [2.24, 2.45) is 0 Å². The fraction of sp³-hybridized carbons (Fsp3) is 0.0968. The summed E-state index contributed by atoms with van der Waals surface area (Å²) in [5.41, 5.74) is -1.22. The van der Waals surface area contributed by atoms with Gasteiger partial charge in [0.05, 0.1) is 23.9 Å². The molecule has 41 heavy (non-hydrogen) atoms. The van der Waals surface area contributed by atoms with Gasteiger partial charge in [0.1, 0.15) is 23.0 Å². The average Bonchev–Trinajstić information content (AvgIpc) is 2.93. The smallest absolute Gasteiger partial charge is 0.137 e. The summed E-state index contributed by atoms with van der Waals surface area (Å²) in [5.74, 6) is -6.67. The minimum absolute atomic E-state index is 0.207. The van der Waals surface area contributed by atoms with Gasteiger partial charge in [0.25, 0.3) is 0 Å². The Balaban J connectivity index is 1.55. The maximum atomic E-state index is 11.5. The highest BCUT2D eigenvalue weighted by molar-refractivity contribution is 6.03. The molecule has 4 aromatic carbocycles. The van der Waals surface area contributed by atoms with Crippen LogP contribution in [0.3, 0.4) is 0 Å². The molecule has 0 aliphatic rings. The lowest BCUT2D eigenvalue weighted by atomic mass is 9.78. The van der Waals surface area contributed by atoms with E-state index in [2.05, 4.69) is 0 Å². The van der Waals surface area contributed by atoms with E-state index >= 15 is 0 Å². The molecule has 0 saturated carbocycles. The molecule has 0 N–H and O–H groups in total. The number of carbonyl (C=O) groups is 4. The van der Waals surface area contributed by atoms with Crippen molar-refractivity contribution in [3.63, 3.8) is 0 Å². The summed E-state index contributed by atoms with van der Waals surface area (Å²) >= 11 is 0. The molecule has 0 heterocycles. The molecule has 4 rings (SSSR count). The summed E-state index contributed by atoms with van der Waals surface area (Å²) in [7, 11) is 0. The molecule has 0 amide bonds. The zero-order chi connectivity index (χ0) is 29.9. The van der Waals surface area contributed by atoms with E-state index < -0.39 is 51.5 Å². The molecule has 4 aromatic rings. The van der Waals surface area contributed by atoms with Crippen molar-refractivity contribution >= 4 is 23.9 Å². The normalized spacial score (nSPS) is 11.0. The van der Waals surface area contributed by atoms with Gasteiger partial charge in [-0.2, -0.15) is 0 Å². The Morgan fingerprint density at radius 1 is 0.512 bits per heavy atom. The highest BCUT2D eigenvalue weighted by Crippen LogP contribution is 2.36. The standard InChI is InChI=1S/C31H24O10/c1-31(2,17-9-13-19(14-10-17)40-23-7-3-5-21(27(32)33)25(23)29(36)37)18-11-15-20(16-12-18)41-24-8-4-6-22(28(34)35)26(24)30(38)39/h3-16H,1-2H3,(H,32,33)(H,34,35)(H,36,37)(H,38,39)/p-4. The average molecular weight is 552 g/mol. The number of carboxylic acid groups (broad SMARTS) is 4. The van der Waals surface area contributed by atoms with Gasteiger partial charge in [0.2, 0.25) is 0 Å². The van der Waals surface area contributed by atoms with Crippen LogP contribution in [0.15, 0.2) is 84.9 Å². The number of hydrogen-bond donors (Lipinski definition) is 0. The molecular formula is C31H20O10-4. The van der Waals surface area contributed by atoms with E-state index in [-0.39, 0.29) is 23.0 Å². The van der Waals surface area contributed by atoms with E-state index in [4.69, 9.17) is 9.47 Å². The van der Waals surface area contributed by atoms with E-state index in [1.165, 1.54) is 24.3 Å². The molecule has 0 aromatic heterocycles. The van der Waals surface area contributed by atoms with E-state index in [0.717, 1.165) is 23.3 Å². The van der Waals surface area contributed by atoms with Crippen molar-refractivity contribution in [1.82, 2.24) is 0 Å². The lowest BCUT2D eigenvalue weighted by molar-refractivity contribution is -0.259. The predicted molar refractivity (Wildman–Crippen MR) is 135 cm³/mol. The molecule has 0 spiro atoms. The Kier molecular flexibility index (Phi) is 7.77. The zero-order valence-corrected chi connectivity index (χ0v) is 21.7. The fourth-order valence-electron chi connectivity index (χ4n) is 4.29. The fourth-order valence-corrected chi connectivity index (χ4v) is 4.29. The first kappa shape index (κ1) is 28.4. The lowest BCUT2D eigenvalue weighted by Gasteiger charge is -2.26. The van der Waals surface area contributed by atoms with Crippen molar-refractivity contribution in [3.05, 3.63) is 118 Å². The van der Waals surface area contributed by atoms with Gasteiger partial charge in [0.15, 0.2) is 0 Å². The second-order valence-corrected chi connectivity index (χ2v) is 9.39. The number of carbonyl (C=O) groups excluding carboxylic acids is 4. The van der Waals surface area contributed by atoms with Crippen LogP contribution in [0.4, 0.5) is 0 Å². The Bertz CT molecular complexity index is 1530.